The first-order valence-electron chi connectivity index (χ1n) is 6.11. The van der Waals surface area contributed by atoms with E-state index in [1.807, 2.05) is 32.9 Å². The molecule has 1 rings (SSSR count). The lowest BCUT2D eigenvalue weighted by molar-refractivity contribution is 0.0426. The van der Waals surface area contributed by atoms with Crippen LogP contribution in [0.3, 0.4) is 0 Å². The lowest BCUT2D eigenvalue weighted by Gasteiger charge is -2.26. The molecule has 2 heteroatoms. The first-order valence-corrected chi connectivity index (χ1v) is 6.11. The van der Waals surface area contributed by atoms with Gasteiger partial charge in [0.1, 0.15) is 0 Å². The monoisotopic (exact) mass is 223 g/mol. The molecule has 0 radical (unpaired) electrons. The van der Waals surface area contributed by atoms with Crippen LogP contribution in [0.5, 0.6) is 0 Å². The molecule has 1 fully saturated rings. The number of allylic oxidation sites excluding steroid dienone is 3. The van der Waals surface area contributed by atoms with Crippen LogP contribution in [0.2, 0.25) is 0 Å². The van der Waals surface area contributed by atoms with Crippen LogP contribution >= 0.6 is 0 Å². The Bertz CT molecular complexity index is 225. The third kappa shape index (κ3) is 6.59. The highest BCUT2D eigenvalue weighted by Crippen LogP contribution is 2.04. The molecule has 1 saturated heterocycles. The second-order valence-electron chi connectivity index (χ2n) is 3.36. The average Bonchev–Trinajstić information content (AvgIpc) is 2.38. The van der Waals surface area contributed by atoms with E-state index in [0.29, 0.717) is 0 Å². The van der Waals surface area contributed by atoms with Crippen LogP contribution in [-0.4, -0.2) is 37.7 Å². The molecule has 0 aromatic heterocycles. The van der Waals surface area contributed by atoms with E-state index in [9.17, 15) is 0 Å². The van der Waals surface area contributed by atoms with Gasteiger partial charge in [0.15, 0.2) is 0 Å². The van der Waals surface area contributed by atoms with Gasteiger partial charge in [0.05, 0.1) is 13.2 Å². The molecular weight excluding hydrogens is 198 g/mol. The summed E-state index contributed by atoms with van der Waals surface area (Å²) in [6.07, 6.45) is 8.12. The molecule has 0 saturated carbocycles. The fraction of sp³-hybridized carbons (Fsp3) is 0.571. The van der Waals surface area contributed by atoms with E-state index in [4.69, 9.17) is 4.74 Å². The SMILES string of the molecule is C=C/C(=C\C=C/C)CN1CCOCC1.CC. The molecule has 1 aliphatic heterocycles. The number of hydrogen-bond donors (Lipinski definition) is 0. The average molecular weight is 223 g/mol. The van der Waals surface area contributed by atoms with E-state index >= 15 is 0 Å². The molecule has 0 amide bonds. The molecule has 0 unspecified atom stereocenters. The van der Waals surface area contributed by atoms with Crippen molar-refractivity contribution in [3.63, 3.8) is 0 Å². The number of morpholine rings is 1. The Morgan fingerprint density at radius 1 is 1.31 bits per heavy atom. The number of ether oxygens (including phenoxy) is 1. The van der Waals surface area contributed by atoms with Crippen molar-refractivity contribution in [2.75, 3.05) is 32.8 Å². The van der Waals surface area contributed by atoms with Crippen molar-refractivity contribution in [2.45, 2.75) is 20.8 Å². The van der Waals surface area contributed by atoms with Gasteiger partial charge in [-0.15, -0.1) is 0 Å². The van der Waals surface area contributed by atoms with Crippen LogP contribution in [0.15, 0.2) is 36.5 Å². The van der Waals surface area contributed by atoms with Gasteiger partial charge in [-0.05, 0) is 12.5 Å². The fourth-order valence-corrected chi connectivity index (χ4v) is 1.42. The molecule has 0 aromatic carbocycles. The van der Waals surface area contributed by atoms with Crippen molar-refractivity contribution < 1.29 is 4.74 Å². The van der Waals surface area contributed by atoms with E-state index in [2.05, 4.69) is 23.6 Å². The summed E-state index contributed by atoms with van der Waals surface area (Å²) in [7, 11) is 0. The van der Waals surface area contributed by atoms with Crippen molar-refractivity contribution in [3.05, 3.63) is 36.5 Å². The van der Waals surface area contributed by atoms with E-state index in [1.165, 1.54) is 5.57 Å². The molecule has 2 nitrogen and oxygen atoms in total. The molecule has 1 aliphatic rings. The molecule has 0 spiro atoms. The van der Waals surface area contributed by atoms with E-state index in [1.54, 1.807) is 0 Å². The molecule has 0 aromatic rings. The minimum absolute atomic E-state index is 0.855. The topological polar surface area (TPSA) is 12.5 Å². The zero-order valence-electron chi connectivity index (χ0n) is 10.9. The third-order valence-electron chi connectivity index (χ3n) is 2.27. The molecule has 0 aliphatic carbocycles. The lowest BCUT2D eigenvalue weighted by atomic mass is 10.2. The van der Waals surface area contributed by atoms with Crippen LogP contribution in [0, 0.1) is 0 Å². The molecule has 92 valence electrons. The summed E-state index contributed by atoms with van der Waals surface area (Å²) in [6, 6.07) is 0. The van der Waals surface area contributed by atoms with Gasteiger partial charge in [0.2, 0.25) is 0 Å². The Morgan fingerprint density at radius 3 is 2.44 bits per heavy atom. The molecule has 16 heavy (non-hydrogen) atoms. The summed E-state index contributed by atoms with van der Waals surface area (Å²) in [6.45, 7) is 14.6. The Kier molecular flexibility index (Phi) is 10.1. The van der Waals surface area contributed by atoms with Gasteiger partial charge >= 0.3 is 0 Å². The Morgan fingerprint density at radius 2 is 1.94 bits per heavy atom. The second-order valence-corrected chi connectivity index (χ2v) is 3.36. The highest BCUT2D eigenvalue weighted by molar-refractivity contribution is 5.23. The van der Waals surface area contributed by atoms with Crippen LogP contribution < -0.4 is 0 Å². The second kappa shape index (κ2) is 10.7. The van der Waals surface area contributed by atoms with Gasteiger partial charge in [-0.3, -0.25) is 4.90 Å². The zero-order valence-corrected chi connectivity index (χ0v) is 10.9. The quantitative estimate of drug-likeness (QED) is 0.679. The first kappa shape index (κ1) is 15.1. The van der Waals surface area contributed by atoms with Crippen molar-refractivity contribution >= 4 is 0 Å². The third-order valence-corrected chi connectivity index (χ3v) is 2.27. The smallest absolute Gasteiger partial charge is 0.0594 e. The van der Waals surface area contributed by atoms with E-state index in [-0.39, 0.29) is 0 Å². The van der Waals surface area contributed by atoms with E-state index in [0.717, 1.165) is 32.8 Å². The van der Waals surface area contributed by atoms with Gasteiger partial charge < -0.3 is 4.74 Å². The summed E-state index contributed by atoms with van der Waals surface area (Å²) < 4.78 is 5.30. The maximum atomic E-state index is 5.30. The van der Waals surface area contributed by atoms with Crippen LogP contribution in [0.1, 0.15) is 20.8 Å². The van der Waals surface area contributed by atoms with Gasteiger partial charge in [-0.2, -0.15) is 0 Å². The number of hydrogen-bond acceptors (Lipinski definition) is 2. The highest BCUT2D eigenvalue weighted by atomic mass is 16.5. The van der Waals surface area contributed by atoms with Gasteiger partial charge in [0.25, 0.3) is 0 Å². The van der Waals surface area contributed by atoms with Crippen molar-refractivity contribution in [1.82, 2.24) is 4.90 Å². The zero-order chi connectivity index (χ0) is 12.2. The Hall–Kier alpha value is -0.860. The largest absolute Gasteiger partial charge is 0.379 e. The van der Waals surface area contributed by atoms with Crippen LogP contribution in [0.4, 0.5) is 0 Å². The van der Waals surface area contributed by atoms with Gasteiger partial charge in [-0.1, -0.05) is 44.7 Å². The maximum absolute atomic E-state index is 5.30. The fourth-order valence-electron chi connectivity index (χ4n) is 1.42. The molecule has 0 N–H and O–H groups in total. The highest BCUT2D eigenvalue weighted by Gasteiger charge is 2.09. The van der Waals surface area contributed by atoms with Crippen LogP contribution in [-0.2, 0) is 4.74 Å². The summed E-state index contributed by atoms with van der Waals surface area (Å²) in [5.41, 5.74) is 1.27. The van der Waals surface area contributed by atoms with Crippen LogP contribution in [0.25, 0.3) is 0 Å². The Labute approximate surface area is 100 Å². The van der Waals surface area contributed by atoms with Crippen molar-refractivity contribution in [2.24, 2.45) is 0 Å². The summed E-state index contributed by atoms with van der Waals surface area (Å²) in [5, 5.41) is 0. The normalized spacial score (nSPS) is 18.1. The lowest BCUT2D eigenvalue weighted by Crippen LogP contribution is -2.37. The summed E-state index contributed by atoms with van der Waals surface area (Å²) in [4.78, 5) is 2.39. The summed E-state index contributed by atoms with van der Waals surface area (Å²) in [5.74, 6) is 0. The molecule has 0 bridgehead atoms. The van der Waals surface area contributed by atoms with E-state index < -0.39 is 0 Å². The number of rotatable bonds is 4. The predicted molar refractivity (Wildman–Crippen MR) is 71.7 cm³/mol. The molecule has 1 heterocycles. The first-order chi connectivity index (χ1) is 7.86. The number of nitrogens with zero attached hydrogens (tertiary/aromatic N) is 1. The molecular formula is C14H25NO. The predicted octanol–water partition coefficient (Wildman–Crippen LogP) is 3.03. The van der Waals surface area contributed by atoms with Crippen molar-refractivity contribution in [3.8, 4) is 0 Å². The standard InChI is InChI=1S/C12H19NO.C2H6/c1-3-5-6-12(4-2)11-13-7-9-14-10-8-13;1-2/h3-6H,2,7-11H2,1H3;1-2H3/b5-3-,12-6+;. The van der Waals surface area contributed by atoms with Gasteiger partial charge in [0, 0.05) is 19.6 Å². The molecule has 0 atom stereocenters. The Balaban J connectivity index is 0.00000106. The minimum atomic E-state index is 0.855. The minimum Gasteiger partial charge on any atom is -0.379 e. The van der Waals surface area contributed by atoms with Crippen molar-refractivity contribution in [1.29, 1.82) is 0 Å². The maximum Gasteiger partial charge on any atom is 0.0594 e. The van der Waals surface area contributed by atoms with Gasteiger partial charge in [-0.25, -0.2) is 0 Å². The summed E-state index contributed by atoms with van der Waals surface area (Å²) >= 11 is 0.